The van der Waals surface area contributed by atoms with Crippen molar-refractivity contribution in [3.8, 4) is 18.2 Å². The Morgan fingerprint density at radius 3 is 2.19 bits per heavy atom. The van der Waals surface area contributed by atoms with Crippen LogP contribution in [0.25, 0.3) is 0 Å². The van der Waals surface area contributed by atoms with Crippen LogP contribution in [-0.4, -0.2) is 4.98 Å². The summed E-state index contributed by atoms with van der Waals surface area (Å²) in [5.74, 6) is 0.260. The van der Waals surface area contributed by atoms with Gasteiger partial charge < -0.3 is 0 Å². The minimum atomic E-state index is -1.80. The predicted molar refractivity (Wildman–Crippen MR) is 56.8 cm³/mol. The Kier molecular flexibility index (Phi) is 3.24. The second kappa shape index (κ2) is 4.43. The lowest BCUT2D eigenvalue weighted by atomic mass is 9.87. The standard InChI is InChI=1S/C12H10N4/c1-9(2)10-3-4-16-11(5-10)12(6-13,7-14)8-15/h3-5,9H,1-2H3. The molecule has 0 fully saturated rings. The Labute approximate surface area is 94.4 Å². The van der Waals surface area contributed by atoms with Crippen LogP contribution < -0.4 is 0 Å². The number of pyridine rings is 1. The van der Waals surface area contributed by atoms with Crippen molar-refractivity contribution in [2.45, 2.75) is 25.2 Å². The summed E-state index contributed by atoms with van der Waals surface area (Å²) in [6.07, 6.45) is 1.52. The normalized spacial score (nSPS) is 10.2. The molecule has 16 heavy (non-hydrogen) atoms. The van der Waals surface area contributed by atoms with Crippen LogP contribution in [0.15, 0.2) is 18.3 Å². The van der Waals surface area contributed by atoms with Crippen LogP contribution in [0.4, 0.5) is 0 Å². The molecule has 0 bridgehead atoms. The Morgan fingerprint density at radius 1 is 1.19 bits per heavy atom. The second-order valence-electron chi connectivity index (χ2n) is 3.71. The van der Waals surface area contributed by atoms with Gasteiger partial charge in [-0.15, -0.1) is 0 Å². The van der Waals surface area contributed by atoms with E-state index in [9.17, 15) is 0 Å². The lowest BCUT2D eigenvalue weighted by Gasteiger charge is -2.11. The van der Waals surface area contributed by atoms with Gasteiger partial charge in [0.2, 0.25) is 0 Å². The summed E-state index contributed by atoms with van der Waals surface area (Å²) < 4.78 is 0. The van der Waals surface area contributed by atoms with Crippen molar-refractivity contribution in [3.05, 3.63) is 29.6 Å². The molecule has 0 amide bonds. The van der Waals surface area contributed by atoms with E-state index in [-0.39, 0.29) is 11.6 Å². The Hall–Kier alpha value is -2.38. The summed E-state index contributed by atoms with van der Waals surface area (Å²) >= 11 is 0. The molecule has 1 aromatic rings. The highest BCUT2D eigenvalue weighted by molar-refractivity contribution is 5.45. The van der Waals surface area contributed by atoms with E-state index in [1.807, 2.05) is 19.9 Å². The molecule has 0 aliphatic carbocycles. The van der Waals surface area contributed by atoms with Gasteiger partial charge in [-0.25, -0.2) is 0 Å². The molecular formula is C12H10N4. The molecule has 0 spiro atoms. The molecule has 1 rings (SSSR count). The van der Waals surface area contributed by atoms with E-state index < -0.39 is 5.41 Å². The van der Waals surface area contributed by atoms with Crippen molar-refractivity contribution >= 4 is 0 Å². The highest BCUT2D eigenvalue weighted by Gasteiger charge is 2.34. The van der Waals surface area contributed by atoms with E-state index in [4.69, 9.17) is 15.8 Å². The van der Waals surface area contributed by atoms with Crippen LogP contribution in [0.1, 0.15) is 31.0 Å². The maximum absolute atomic E-state index is 8.92. The minimum absolute atomic E-state index is 0.200. The Bertz CT molecular complexity index is 475. The molecule has 4 nitrogen and oxygen atoms in total. The van der Waals surface area contributed by atoms with Crippen LogP contribution in [0.5, 0.6) is 0 Å². The van der Waals surface area contributed by atoms with E-state index in [0.29, 0.717) is 0 Å². The molecule has 0 N–H and O–H groups in total. The third-order valence-electron chi connectivity index (χ3n) is 2.34. The monoisotopic (exact) mass is 210 g/mol. The third-order valence-corrected chi connectivity index (χ3v) is 2.34. The van der Waals surface area contributed by atoms with Gasteiger partial charge in [0.1, 0.15) is 18.2 Å². The zero-order valence-corrected chi connectivity index (χ0v) is 9.10. The topological polar surface area (TPSA) is 84.3 Å². The maximum atomic E-state index is 8.92. The summed E-state index contributed by atoms with van der Waals surface area (Å²) in [5.41, 5.74) is -0.647. The van der Waals surface area contributed by atoms with E-state index in [1.165, 1.54) is 6.20 Å². The molecule has 78 valence electrons. The first-order valence-electron chi connectivity index (χ1n) is 4.80. The highest BCUT2D eigenvalue weighted by Crippen LogP contribution is 2.23. The smallest absolute Gasteiger partial charge is 0.257 e. The fourth-order valence-corrected chi connectivity index (χ4v) is 1.26. The number of nitriles is 3. The maximum Gasteiger partial charge on any atom is 0.269 e. The van der Waals surface area contributed by atoms with Crippen LogP contribution in [0.3, 0.4) is 0 Å². The number of hydrogen-bond acceptors (Lipinski definition) is 4. The first kappa shape index (κ1) is 11.7. The average Bonchev–Trinajstić information content (AvgIpc) is 2.32. The molecular weight excluding hydrogens is 200 g/mol. The lowest BCUT2D eigenvalue weighted by Crippen LogP contribution is -2.21. The lowest BCUT2D eigenvalue weighted by molar-refractivity contribution is 0.818. The van der Waals surface area contributed by atoms with E-state index in [2.05, 4.69) is 4.98 Å². The zero-order valence-electron chi connectivity index (χ0n) is 9.10. The molecule has 4 heteroatoms. The average molecular weight is 210 g/mol. The van der Waals surface area contributed by atoms with Gasteiger partial charge in [0.05, 0.1) is 5.69 Å². The van der Waals surface area contributed by atoms with Crippen molar-refractivity contribution in [2.24, 2.45) is 0 Å². The second-order valence-corrected chi connectivity index (χ2v) is 3.71. The highest BCUT2D eigenvalue weighted by atomic mass is 14.7. The van der Waals surface area contributed by atoms with Gasteiger partial charge in [0.15, 0.2) is 0 Å². The number of nitrogens with zero attached hydrogens (tertiary/aromatic N) is 4. The van der Waals surface area contributed by atoms with Crippen molar-refractivity contribution in [3.63, 3.8) is 0 Å². The van der Waals surface area contributed by atoms with Gasteiger partial charge in [-0.2, -0.15) is 15.8 Å². The zero-order chi connectivity index (χ0) is 12.2. The molecule has 0 aliphatic rings. The first-order valence-corrected chi connectivity index (χ1v) is 4.80. The summed E-state index contributed by atoms with van der Waals surface area (Å²) in [7, 11) is 0. The van der Waals surface area contributed by atoms with E-state index in [1.54, 1.807) is 24.3 Å². The SMILES string of the molecule is CC(C)c1ccnc(C(C#N)(C#N)C#N)c1. The molecule has 0 aromatic carbocycles. The Morgan fingerprint density at radius 2 is 1.75 bits per heavy atom. The number of rotatable bonds is 2. The molecule has 1 aromatic heterocycles. The van der Waals surface area contributed by atoms with Crippen LogP contribution >= 0.6 is 0 Å². The molecule has 0 saturated carbocycles. The van der Waals surface area contributed by atoms with Gasteiger partial charge in [-0.1, -0.05) is 13.8 Å². The van der Waals surface area contributed by atoms with Crippen molar-refractivity contribution in [1.82, 2.24) is 4.98 Å². The predicted octanol–water partition coefficient (Wildman–Crippen LogP) is 2.01. The molecule has 0 radical (unpaired) electrons. The fourth-order valence-electron chi connectivity index (χ4n) is 1.26. The van der Waals surface area contributed by atoms with Crippen LogP contribution in [0, 0.1) is 34.0 Å². The van der Waals surface area contributed by atoms with Gasteiger partial charge in [-0.05, 0) is 23.6 Å². The van der Waals surface area contributed by atoms with Gasteiger partial charge >= 0.3 is 0 Å². The van der Waals surface area contributed by atoms with E-state index in [0.717, 1.165) is 5.56 Å². The van der Waals surface area contributed by atoms with Gasteiger partial charge in [0.25, 0.3) is 5.41 Å². The van der Waals surface area contributed by atoms with Crippen molar-refractivity contribution in [2.75, 3.05) is 0 Å². The van der Waals surface area contributed by atoms with Gasteiger partial charge in [0, 0.05) is 6.20 Å². The minimum Gasteiger partial charge on any atom is -0.257 e. The largest absolute Gasteiger partial charge is 0.269 e. The van der Waals surface area contributed by atoms with Crippen molar-refractivity contribution in [1.29, 1.82) is 15.8 Å². The van der Waals surface area contributed by atoms with Crippen molar-refractivity contribution < 1.29 is 0 Å². The molecule has 1 heterocycles. The Balaban J connectivity index is 3.36. The molecule has 0 aliphatic heterocycles. The third kappa shape index (κ3) is 1.85. The number of aromatic nitrogens is 1. The van der Waals surface area contributed by atoms with E-state index >= 15 is 0 Å². The molecule has 0 atom stereocenters. The first-order chi connectivity index (χ1) is 7.59. The summed E-state index contributed by atoms with van der Waals surface area (Å²) in [5, 5.41) is 26.8. The molecule has 0 unspecified atom stereocenters. The fraction of sp³-hybridized carbons (Fsp3) is 0.333. The molecule has 0 saturated heterocycles. The quantitative estimate of drug-likeness (QED) is 0.747. The summed E-state index contributed by atoms with van der Waals surface area (Å²) in [6, 6.07) is 8.59. The van der Waals surface area contributed by atoms with Crippen LogP contribution in [0.2, 0.25) is 0 Å². The van der Waals surface area contributed by atoms with Gasteiger partial charge in [-0.3, -0.25) is 4.98 Å². The summed E-state index contributed by atoms with van der Waals surface area (Å²) in [6.45, 7) is 3.98. The van der Waals surface area contributed by atoms with Crippen LogP contribution in [-0.2, 0) is 5.41 Å². The summed E-state index contributed by atoms with van der Waals surface area (Å²) in [4.78, 5) is 3.94. The number of hydrogen-bond donors (Lipinski definition) is 0.